The summed E-state index contributed by atoms with van der Waals surface area (Å²) in [6.45, 7) is 6.12. The Hall–Kier alpha value is -0.680. The highest BCUT2D eigenvalue weighted by atomic mass is 35.5. The van der Waals surface area contributed by atoms with Crippen molar-refractivity contribution in [3.63, 3.8) is 0 Å². The first-order valence-corrected chi connectivity index (χ1v) is 7.56. The fourth-order valence-corrected chi connectivity index (χ4v) is 2.67. The number of hydrogen-bond donors (Lipinski definition) is 1. The first-order valence-electron chi connectivity index (χ1n) is 6.26. The second-order valence-corrected chi connectivity index (χ2v) is 5.74. The van der Waals surface area contributed by atoms with Crippen molar-refractivity contribution in [3.8, 4) is 0 Å². The van der Waals surface area contributed by atoms with Crippen LogP contribution in [0.15, 0.2) is 0 Å². The minimum absolute atomic E-state index is 0.0806. The minimum atomic E-state index is -0.258. The highest BCUT2D eigenvalue weighted by molar-refractivity contribution is 7.08. The number of nitrogens with zero attached hydrogens (tertiary/aromatic N) is 2. The van der Waals surface area contributed by atoms with Gasteiger partial charge < -0.3 is 5.32 Å². The number of nitrogens with one attached hydrogen (secondary N) is 1. The summed E-state index contributed by atoms with van der Waals surface area (Å²) in [5, 5.41) is 7.06. The molecule has 1 amide bonds. The van der Waals surface area contributed by atoms with Gasteiger partial charge in [-0.1, -0.05) is 24.8 Å². The molecule has 0 fully saturated rings. The van der Waals surface area contributed by atoms with Gasteiger partial charge in [0, 0.05) is 11.4 Å². The number of alkyl halides is 1. The summed E-state index contributed by atoms with van der Waals surface area (Å²) < 4.78 is 3.87. The van der Waals surface area contributed by atoms with Gasteiger partial charge in [0.2, 0.25) is 0 Å². The van der Waals surface area contributed by atoms with E-state index in [2.05, 4.69) is 21.8 Å². The number of rotatable bonds is 7. The van der Waals surface area contributed by atoms with E-state index < -0.39 is 0 Å². The van der Waals surface area contributed by atoms with E-state index in [9.17, 15) is 4.79 Å². The van der Waals surface area contributed by atoms with Crippen LogP contribution in [0.2, 0.25) is 0 Å². The summed E-state index contributed by atoms with van der Waals surface area (Å²) >= 11 is 6.94. The van der Waals surface area contributed by atoms with Gasteiger partial charge in [0.15, 0.2) is 0 Å². The molecule has 1 aromatic rings. The predicted octanol–water partition coefficient (Wildman–Crippen LogP) is 3.02. The van der Waals surface area contributed by atoms with Crippen LogP contribution in [-0.2, 0) is 6.42 Å². The second kappa shape index (κ2) is 7.04. The van der Waals surface area contributed by atoms with Crippen molar-refractivity contribution in [2.24, 2.45) is 0 Å². The van der Waals surface area contributed by atoms with Crippen LogP contribution in [-0.4, -0.2) is 26.9 Å². The molecule has 0 aliphatic heterocycles. The molecular weight excluding hydrogens is 270 g/mol. The van der Waals surface area contributed by atoms with E-state index in [0.717, 1.165) is 42.9 Å². The van der Waals surface area contributed by atoms with E-state index >= 15 is 0 Å². The van der Waals surface area contributed by atoms with Crippen molar-refractivity contribution in [2.45, 2.75) is 52.0 Å². The minimum Gasteiger partial charge on any atom is -0.346 e. The second-order valence-electron chi connectivity index (χ2n) is 4.61. The third kappa shape index (κ3) is 3.92. The Morgan fingerprint density at radius 3 is 2.78 bits per heavy atom. The molecule has 0 aliphatic rings. The van der Waals surface area contributed by atoms with Crippen LogP contribution in [0.4, 0.5) is 0 Å². The van der Waals surface area contributed by atoms with Gasteiger partial charge in [-0.3, -0.25) is 4.79 Å². The Bertz CT molecular complexity index is 396. The average Bonchev–Trinajstić information content (AvgIpc) is 2.78. The average molecular weight is 290 g/mol. The number of amides is 1. The lowest BCUT2D eigenvalue weighted by molar-refractivity contribution is 0.0904. The molecule has 0 bridgehead atoms. The first-order chi connectivity index (χ1) is 8.56. The van der Waals surface area contributed by atoms with Crippen molar-refractivity contribution < 1.29 is 4.79 Å². The van der Waals surface area contributed by atoms with E-state index in [-0.39, 0.29) is 11.4 Å². The standard InChI is InChI=1S/C12H20ClN3OS/c1-4-6-9-10(18-16-15-9)11(17)14-12(3,5-2)7-8-13/h4-8H2,1-3H3,(H,14,17). The quantitative estimate of drug-likeness (QED) is 0.785. The molecule has 102 valence electrons. The van der Waals surface area contributed by atoms with Gasteiger partial charge in [-0.2, -0.15) is 0 Å². The summed E-state index contributed by atoms with van der Waals surface area (Å²) in [5.41, 5.74) is 0.538. The molecule has 1 atom stereocenters. The molecular formula is C12H20ClN3OS. The monoisotopic (exact) mass is 289 g/mol. The zero-order chi connectivity index (χ0) is 13.6. The lowest BCUT2D eigenvalue weighted by atomic mass is 9.95. The van der Waals surface area contributed by atoms with E-state index in [4.69, 9.17) is 11.6 Å². The normalized spacial score (nSPS) is 14.2. The molecule has 0 aliphatic carbocycles. The van der Waals surface area contributed by atoms with Crippen LogP contribution in [0.1, 0.15) is 55.4 Å². The predicted molar refractivity (Wildman–Crippen MR) is 75.4 cm³/mol. The molecule has 1 aromatic heterocycles. The van der Waals surface area contributed by atoms with Gasteiger partial charge in [-0.05, 0) is 37.7 Å². The lowest BCUT2D eigenvalue weighted by Gasteiger charge is -2.28. The Kier molecular flexibility index (Phi) is 6.02. The summed E-state index contributed by atoms with van der Waals surface area (Å²) in [6.07, 6.45) is 3.35. The number of aromatic nitrogens is 2. The summed E-state index contributed by atoms with van der Waals surface area (Å²) in [4.78, 5) is 12.9. The van der Waals surface area contributed by atoms with Crippen molar-refractivity contribution >= 4 is 29.0 Å². The Morgan fingerprint density at radius 2 is 2.22 bits per heavy atom. The molecule has 0 radical (unpaired) electrons. The van der Waals surface area contributed by atoms with Gasteiger partial charge in [-0.15, -0.1) is 16.7 Å². The number of hydrogen-bond acceptors (Lipinski definition) is 4. The Balaban J connectivity index is 2.77. The molecule has 1 rings (SSSR count). The van der Waals surface area contributed by atoms with E-state index in [1.165, 1.54) is 0 Å². The molecule has 6 heteroatoms. The number of aryl methyl sites for hydroxylation is 1. The topological polar surface area (TPSA) is 54.9 Å². The van der Waals surface area contributed by atoms with Gasteiger partial charge in [0.05, 0.1) is 5.69 Å². The third-order valence-electron chi connectivity index (χ3n) is 3.09. The smallest absolute Gasteiger partial charge is 0.265 e. The van der Waals surface area contributed by atoms with Gasteiger partial charge in [0.25, 0.3) is 5.91 Å². The highest BCUT2D eigenvalue weighted by Crippen LogP contribution is 2.19. The zero-order valence-corrected chi connectivity index (χ0v) is 12.7. The van der Waals surface area contributed by atoms with Crippen LogP contribution in [0.5, 0.6) is 0 Å². The number of carbonyl (C=O) groups excluding carboxylic acids is 1. The van der Waals surface area contributed by atoms with Crippen molar-refractivity contribution in [1.82, 2.24) is 14.9 Å². The summed E-state index contributed by atoms with van der Waals surface area (Å²) in [7, 11) is 0. The van der Waals surface area contributed by atoms with Crippen LogP contribution >= 0.6 is 23.1 Å². The Labute approximate surface area is 117 Å². The molecule has 1 N–H and O–H groups in total. The van der Waals surface area contributed by atoms with Crippen LogP contribution < -0.4 is 5.32 Å². The molecule has 0 spiro atoms. The van der Waals surface area contributed by atoms with Crippen LogP contribution in [0, 0.1) is 0 Å². The maximum absolute atomic E-state index is 12.2. The number of halogens is 1. The van der Waals surface area contributed by atoms with Crippen LogP contribution in [0.25, 0.3) is 0 Å². The fourth-order valence-electron chi connectivity index (χ4n) is 1.65. The molecule has 0 aromatic carbocycles. The van der Waals surface area contributed by atoms with Gasteiger partial charge in [0.1, 0.15) is 4.88 Å². The van der Waals surface area contributed by atoms with Crippen molar-refractivity contribution in [2.75, 3.05) is 5.88 Å². The van der Waals surface area contributed by atoms with Gasteiger partial charge >= 0.3 is 0 Å². The zero-order valence-electron chi connectivity index (χ0n) is 11.1. The fraction of sp³-hybridized carbons (Fsp3) is 0.750. The van der Waals surface area contributed by atoms with E-state index in [1.807, 2.05) is 13.8 Å². The van der Waals surface area contributed by atoms with Crippen molar-refractivity contribution in [3.05, 3.63) is 10.6 Å². The molecule has 0 saturated heterocycles. The van der Waals surface area contributed by atoms with Crippen molar-refractivity contribution in [1.29, 1.82) is 0 Å². The molecule has 4 nitrogen and oxygen atoms in total. The summed E-state index contributed by atoms with van der Waals surface area (Å²) in [5.74, 6) is 0.454. The molecule has 1 unspecified atom stereocenters. The lowest BCUT2D eigenvalue weighted by Crippen LogP contribution is -2.45. The highest BCUT2D eigenvalue weighted by Gasteiger charge is 2.26. The molecule has 18 heavy (non-hydrogen) atoms. The molecule has 0 saturated carbocycles. The Morgan fingerprint density at radius 1 is 1.50 bits per heavy atom. The van der Waals surface area contributed by atoms with Gasteiger partial charge in [-0.25, -0.2) is 0 Å². The number of carbonyl (C=O) groups is 1. The maximum atomic E-state index is 12.2. The molecule has 1 heterocycles. The summed E-state index contributed by atoms with van der Waals surface area (Å²) in [6, 6.07) is 0. The first kappa shape index (κ1) is 15.4. The van der Waals surface area contributed by atoms with E-state index in [0.29, 0.717) is 10.8 Å². The SMILES string of the molecule is CCCc1nnsc1C(=O)NC(C)(CC)CCCl. The maximum Gasteiger partial charge on any atom is 0.265 e. The third-order valence-corrected chi connectivity index (χ3v) is 4.05. The largest absolute Gasteiger partial charge is 0.346 e. The van der Waals surface area contributed by atoms with Crippen LogP contribution in [0.3, 0.4) is 0 Å². The van der Waals surface area contributed by atoms with E-state index in [1.54, 1.807) is 0 Å².